The highest BCUT2D eigenvalue weighted by Gasteiger charge is 2.08. The van der Waals surface area contributed by atoms with Gasteiger partial charge < -0.3 is 4.74 Å². The number of methoxy groups -OCH3 is 1. The van der Waals surface area contributed by atoms with Gasteiger partial charge in [0.2, 0.25) is 5.88 Å². The van der Waals surface area contributed by atoms with Crippen LogP contribution in [-0.4, -0.2) is 21.6 Å². The smallest absolute Gasteiger partial charge is 0.212 e. The summed E-state index contributed by atoms with van der Waals surface area (Å²) in [5.74, 6) is 0.670. The molecule has 2 nitrogen and oxygen atoms in total. The molecule has 0 saturated carbocycles. The largest absolute Gasteiger partial charge is 0.481 e. The van der Waals surface area contributed by atoms with Crippen LogP contribution in [0.15, 0.2) is 48.7 Å². The maximum Gasteiger partial charge on any atom is 0.212 e. The van der Waals surface area contributed by atoms with Crippen molar-refractivity contribution in [2.45, 2.75) is 12.5 Å². The Morgan fingerprint density at radius 3 is 2.47 bits per heavy atom. The first kappa shape index (κ1) is 11.9. The lowest BCUT2D eigenvalue weighted by Crippen LogP contribution is -2.19. The summed E-state index contributed by atoms with van der Waals surface area (Å²) in [5, 5.41) is 1.39. The van der Waals surface area contributed by atoms with Crippen LogP contribution in [-0.2, 0) is 0 Å². The van der Waals surface area contributed by atoms with Gasteiger partial charge in [0.25, 0.3) is 0 Å². The molecule has 1 heterocycles. The number of rotatable bonds is 4. The highest BCUT2D eigenvalue weighted by Crippen LogP contribution is 2.15. The van der Waals surface area contributed by atoms with Crippen LogP contribution in [0.5, 0.6) is 5.88 Å². The fourth-order valence-electron chi connectivity index (χ4n) is 1.64. The normalized spacial score (nSPS) is 12.1. The minimum atomic E-state index is 0.496. The van der Waals surface area contributed by atoms with Crippen LogP contribution in [0.4, 0.5) is 0 Å². The molecule has 2 rings (SSSR count). The van der Waals surface area contributed by atoms with Gasteiger partial charge in [0.1, 0.15) is 0 Å². The number of ether oxygens (including phenoxy) is 1. The Morgan fingerprint density at radius 2 is 1.88 bits per heavy atom. The summed E-state index contributed by atoms with van der Waals surface area (Å²) >= 11 is 0. The highest BCUT2D eigenvalue weighted by atomic mass is 28.2. The van der Waals surface area contributed by atoms with Crippen molar-refractivity contribution in [2.75, 3.05) is 7.11 Å². The first-order valence-corrected chi connectivity index (χ1v) is 6.69. The third-order valence-corrected chi connectivity index (χ3v) is 4.06. The van der Waals surface area contributed by atoms with Crippen molar-refractivity contribution in [3.63, 3.8) is 0 Å². The molecule has 0 N–H and O–H groups in total. The van der Waals surface area contributed by atoms with Crippen LogP contribution in [0.1, 0.15) is 18.0 Å². The van der Waals surface area contributed by atoms with Gasteiger partial charge in [0.15, 0.2) is 0 Å². The SMILES string of the molecule is COc1ccc(C(C)[Si]c2ccccc2)cn1. The van der Waals surface area contributed by atoms with E-state index in [0.29, 0.717) is 11.4 Å². The second kappa shape index (κ2) is 5.64. The Labute approximate surface area is 104 Å². The van der Waals surface area contributed by atoms with Crippen molar-refractivity contribution >= 4 is 14.7 Å². The fraction of sp³-hybridized carbons (Fsp3) is 0.214. The monoisotopic (exact) mass is 241 g/mol. The van der Waals surface area contributed by atoms with Crippen LogP contribution < -0.4 is 9.92 Å². The van der Waals surface area contributed by atoms with Gasteiger partial charge in [-0.1, -0.05) is 48.5 Å². The molecule has 1 unspecified atom stereocenters. The summed E-state index contributed by atoms with van der Waals surface area (Å²) in [6, 6.07) is 14.6. The molecule has 1 aromatic heterocycles. The molecule has 2 aromatic rings. The van der Waals surface area contributed by atoms with Crippen LogP contribution in [0.3, 0.4) is 0 Å². The number of benzene rings is 1. The number of hydrogen-bond donors (Lipinski definition) is 0. The topological polar surface area (TPSA) is 22.1 Å². The van der Waals surface area contributed by atoms with E-state index in [1.54, 1.807) is 7.11 Å². The predicted octanol–water partition coefficient (Wildman–Crippen LogP) is 2.18. The summed E-state index contributed by atoms with van der Waals surface area (Å²) < 4.78 is 5.06. The van der Waals surface area contributed by atoms with Gasteiger partial charge in [-0.3, -0.25) is 0 Å². The van der Waals surface area contributed by atoms with Crippen LogP contribution in [0.2, 0.25) is 0 Å². The Balaban J connectivity index is 2.06. The molecule has 2 radical (unpaired) electrons. The van der Waals surface area contributed by atoms with E-state index in [2.05, 4.69) is 42.2 Å². The van der Waals surface area contributed by atoms with Gasteiger partial charge >= 0.3 is 0 Å². The van der Waals surface area contributed by atoms with Crippen molar-refractivity contribution < 1.29 is 4.74 Å². The van der Waals surface area contributed by atoms with E-state index in [-0.39, 0.29) is 0 Å². The van der Waals surface area contributed by atoms with E-state index in [1.165, 1.54) is 10.8 Å². The van der Waals surface area contributed by atoms with E-state index in [9.17, 15) is 0 Å². The van der Waals surface area contributed by atoms with E-state index < -0.39 is 0 Å². The first-order chi connectivity index (χ1) is 8.29. The fourth-order valence-corrected chi connectivity index (χ4v) is 2.86. The number of hydrogen-bond acceptors (Lipinski definition) is 2. The van der Waals surface area contributed by atoms with Crippen LogP contribution in [0.25, 0.3) is 0 Å². The van der Waals surface area contributed by atoms with Gasteiger partial charge in [-0.25, -0.2) is 4.98 Å². The van der Waals surface area contributed by atoms with E-state index in [4.69, 9.17) is 4.74 Å². The Hall–Kier alpha value is -1.61. The molecule has 0 fully saturated rings. The van der Waals surface area contributed by atoms with Crippen LogP contribution in [0, 0.1) is 0 Å². The molecule has 0 aliphatic rings. The first-order valence-electron chi connectivity index (χ1n) is 5.61. The van der Waals surface area contributed by atoms with Gasteiger partial charge in [-0.2, -0.15) is 0 Å². The molecule has 0 aliphatic carbocycles. The molecule has 3 heteroatoms. The van der Waals surface area contributed by atoms with E-state index in [0.717, 1.165) is 9.52 Å². The zero-order chi connectivity index (χ0) is 12.1. The van der Waals surface area contributed by atoms with E-state index >= 15 is 0 Å². The zero-order valence-corrected chi connectivity index (χ0v) is 11.1. The number of pyridine rings is 1. The maximum atomic E-state index is 5.06. The van der Waals surface area contributed by atoms with Crippen molar-refractivity contribution in [2.24, 2.45) is 0 Å². The third kappa shape index (κ3) is 3.17. The van der Waals surface area contributed by atoms with Crippen molar-refractivity contribution in [1.29, 1.82) is 0 Å². The maximum absolute atomic E-state index is 5.06. The lowest BCUT2D eigenvalue weighted by atomic mass is 10.2. The van der Waals surface area contributed by atoms with Crippen molar-refractivity contribution in [3.8, 4) is 5.88 Å². The summed E-state index contributed by atoms with van der Waals surface area (Å²) in [7, 11) is 2.41. The van der Waals surface area contributed by atoms with Gasteiger partial charge in [0, 0.05) is 12.3 Å². The molecule has 86 valence electrons. The molecular weight excluding hydrogens is 226 g/mol. The lowest BCUT2D eigenvalue weighted by molar-refractivity contribution is 0.397. The average molecular weight is 241 g/mol. The van der Waals surface area contributed by atoms with Crippen molar-refractivity contribution in [1.82, 2.24) is 4.98 Å². The second-order valence-corrected chi connectivity index (χ2v) is 5.60. The highest BCUT2D eigenvalue weighted by molar-refractivity contribution is 6.54. The van der Waals surface area contributed by atoms with Crippen LogP contribution >= 0.6 is 0 Å². The van der Waals surface area contributed by atoms with Gasteiger partial charge in [0.05, 0.1) is 16.6 Å². The minimum Gasteiger partial charge on any atom is -0.481 e. The summed E-state index contributed by atoms with van der Waals surface area (Å²) in [5.41, 5.74) is 1.75. The molecule has 1 aromatic carbocycles. The summed E-state index contributed by atoms with van der Waals surface area (Å²) in [6.45, 7) is 2.23. The number of aromatic nitrogens is 1. The van der Waals surface area contributed by atoms with Gasteiger partial charge in [-0.05, 0) is 11.1 Å². The molecule has 0 aliphatic heterocycles. The third-order valence-electron chi connectivity index (χ3n) is 2.63. The molecular formula is C14H15NOSi. The van der Waals surface area contributed by atoms with Crippen molar-refractivity contribution in [3.05, 3.63) is 54.2 Å². The Morgan fingerprint density at radius 1 is 1.12 bits per heavy atom. The number of nitrogens with zero attached hydrogens (tertiary/aromatic N) is 1. The molecule has 0 amide bonds. The molecule has 17 heavy (non-hydrogen) atoms. The molecule has 1 atom stereocenters. The molecule has 0 saturated heterocycles. The predicted molar refractivity (Wildman–Crippen MR) is 71.0 cm³/mol. The molecule has 0 bridgehead atoms. The Kier molecular flexibility index (Phi) is 3.93. The van der Waals surface area contributed by atoms with Gasteiger partial charge in [-0.15, -0.1) is 0 Å². The Bertz CT molecular complexity index is 455. The molecule has 0 spiro atoms. The summed E-state index contributed by atoms with van der Waals surface area (Å²) in [6.07, 6.45) is 1.90. The second-order valence-electron chi connectivity index (χ2n) is 3.87. The summed E-state index contributed by atoms with van der Waals surface area (Å²) in [4.78, 5) is 4.24. The quantitative estimate of drug-likeness (QED) is 0.765. The lowest BCUT2D eigenvalue weighted by Gasteiger charge is -2.10. The average Bonchev–Trinajstić information content (AvgIpc) is 2.40. The standard InChI is InChI=1S/C14H15NOSi/c1-11(17-13-6-4-3-5-7-13)12-8-9-14(16-2)15-10-12/h3-11H,1-2H3. The van der Waals surface area contributed by atoms with E-state index in [1.807, 2.05) is 18.3 Å². The zero-order valence-electron chi connectivity index (χ0n) is 10.1. The minimum absolute atomic E-state index is 0.496.